The van der Waals surface area contributed by atoms with E-state index < -0.39 is 0 Å². The van der Waals surface area contributed by atoms with E-state index in [-0.39, 0.29) is 23.1 Å². The van der Waals surface area contributed by atoms with Crippen molar-refractivity contribution in [2.45, 2.75) is 78.6 Å². The second-order valence-electron chi connectivity index (χ2n) is 20.2. The lowest BCUT2D eigenvalue weighted by molar-refractivity contribution is 0.590. The Hall–Kier alpha value is -6.46. The molecule has 11 rings (SSSR count). The van der Waals surface area contributed by atoms with E-state index in [1.807, 2.05) is 0 Å². The highest BCUT2D eigenvalue weighted by Crippen LogP contribution is 2.54. The van der Waals surface area contributed by atoms with E-state index in [0.717, 1.165) is 61.3 Å². The normalized spacial score (nSPS) is 13.9. The van der Waals surface area contributed by atoms with E-state index in [9.17, 15) is 0 Å². The van der Waals surface area contributed by atoms with Gasteiger partial charge in [0.2, 0.25) is 0 Å². The van der Waals surface area contributed by atoms with Gasteiger partial charge in [-0.05, 0) is 110 Å². The first kappa shape index (κ1) is 37.5. The summed E-state index contributed by atoms with van der Waals surface area (Å²) in [6.45, 7) is 20.5. The van der Waals surface area contributed by atoms with Gasteiger partial charge in [-0.3, -0.25) is 0 Å². The van der Waals surface area contributed by atoms with Gasteiger partial charge in [-0.1, -0.05) is 147 Å². The zero-order valence-corrected chi connectivity index (χ0v) is 36.6. The monoisotopic (exact) mass is 794 g/mol. The van der Waals surface area contributed by atoms with Crippen molar-refractivity contribution in [3.8, 4) is 22.3 Å². The van der Waals surface area contributed by atoms with Gasteiger partial charge in [0.25, 0.3) is 0 Å². The second-order valence-corrected chi connectivity index (χ2v) is 20.2. The van der Waals surface area contributed by atoms with Crippen LogP contribution in [-0.2, 0) is 16.2 Å². The third kappa shape index (κ3) is 5.73. The van der Waals surface area contributed by atoms with Crippen LogP contribution in [0.4, 0.5) is 28.4 Å². The molecule has 0 aliphatic carbocycles. The van der Waals surface area contributed by atoms with Crippen molar-refractivity contribution in [2.75, 3.05) is 9.71 Å². The molecule has 0 bridgehead atoms. The van der Waals surface area contributed by atoms with Crippen molar-refractivity contribution in [1.82, 2.24) is 0 Å². The van der Waals surface area contributed by atoms with Crippen molar-refractivity contribution in [3.63, 3.8) is 0 Å². The minimum absolute atomic E-state index is 0.0135. The molecule has 0 radical (unpaired) electrons. The Balaban J connectivity index is 1.32. The van der Waals surface area contributed by atoms with Crippen LogP contribution in [0.1, 0.15) is 79.0 Å². The van der Waals surface area contributed by atoms with Crippen LogP contribution < -0.4 is 20.8 Å². The largest absolute Gasteiger partial charge is 0.466 e. The highest BCUT2D eigenvalue weighted by Gasteiger charge is 2.50. The Bertz CT molecular complexity index is 3210. The van der Waals surface area contributed by atoms with Crippen LogP contribution in [0, 0.1) is 0 Å². The Kier molecular flexibility index (Phi) is 8.01. The third-order valence-corrected chi connectivity index (χ3v) is 13.1. The molecule has 0 saturated heterocycles. The maximum atomic E-state index is 7.30. The van der Waals surface area contributed by atoms with Crippen LogP contribution in [0.15, 0.2) is 154 Å². The van der Waals surface area contributed by atoms with Gasteiger partial charge in [-0.2, -0.15) is 0 Å². The predicted molar refractivity (Wildman–Crippen MR) is 259 cm³/mol. The summed E-state index contributed by atoms with van der Waals surface area (Å²) in [5, 5.41) is 3.35. The summed E-state index contributed by atoms with van der Waals surface area (Å²) in [5.74, 6) is 0. The number of hydrogen-bond donors (Lipinski definition) is 0. The van der Waals surface area contributed by atoms with Gasteiger partial charge in [-0.15, -0.1) is 0 Å². The first-order chi connectivity index (χ1) is 29.2. The molecule has 2 aliphatic rings. The molecule has 4 heterocycles. The van der Waals surface area contributed by atoms with Crippen LogP contribution >= 0.6 is 0 Å². The van der Waals surface area contributed by atoms with Crippen LogP contribution in [0.5, 0.6) is 0 Å². The molecular formula is C56H51BN2O2. The fourth-order valence-corrected chi connectivity index (χ4v) is 9.84. The second kappa shape index (κ2) is 13.0. The molecule has 0 unspecified atom stereocenters. The number of fused-ring (bicyclic) bond motifs is 10. The number of furan rings is 2. The first-order valence-electron chi connectivity index (χ1n) is 21.7. The summed E-state index contributed by atoms with van der Waals surface area (Å²) >= 11 is 0. The molecule has 300 valence electrons. The Morgan fingerprint density at radius 2 is 1.05 bits per heavy atom. The summed E-state index contributed by atoms with van der Waals surface area (Å²) in [5.41, 5.74) is 18.9. The van der Waals surface area contributed by atoms with Crippen LogP contribution in [0.2, 0.25) is 0 Å². The molecule has 4 nitrogen and oxygen atoms in total. The maximum Gasteiger partial charge on any atom is 0.375 e. The van der Waals surface area contributed by atoms with Crippen molar-refractivity contribution < 1.29 is 8.83 Å². The van der Waals surface area contributed by atoms with Crippen molar-refractivity contribution in [2.24, 2.45) is 0 Å². The molecule has 0 fully saturated rings. The fourth-order valence-electron chi connectivity index (χ4n) is 9.84. The Labute approximate surface area is 359 Å². The molecule has 5 heteroatoms. The Morgan fingerprint density at radius 3 is 1.74 bits per heavy atom. The maximum absolute atomic E-state index is 7.30. The molecule has 0 amide bonds. The lowest BCUT2D eigenvalue weighted by atomic mass is 9.45. The Morgan fingerprint density at radius 1 is 0.459 bits per heavy atom. The van der Waals surface area contributed by atoms with E-state index in [2.05, 4.69) is 218 Å². The summed E-state index contributed by atoms with van der Waals surface area (Å²) in [6, 6.07) is 53.7. The van der Waals surface area contributed by atoms with Crippen molar-refractivity contribution >= 4 is 79.3 Å². The molecule has 2 aliphatic heterocycles. The average molecular weight is 795 g/mol. The number of rotatable bonds is 3. The number of nitrogens with zero attached hydrogens (tertiary/aromatic N) is 2. The minimum Gasteiger partial charge on any atom is -0.466 e. The van der Waals surface area contributed by atoms with Gasteiger partial charge in [0, 0.05) is 44.3 Å². The molecule has 2 aromatic heterocycles. The van der Waals surface area contributed by atoms with Gasteiger partial charge in [0.15, 0.2) is 0 Å². The molecule has 0 spiro atoms. The summed E-state index contributed by atoms with van der Waals surface area (Å²) in [4.78, 5) is 5.09. The summed E-state index contributed by atoms with van der Waals surface area (Å²) < 4.78 is 14.0. The van der Waals surface area contributed by atoms with Gasteiger partial charge >= 0.3 is 6.85 Å². The molecule has 0 atom stereocenters. The topological polar surface area (TPSA) is 32.8 Å². The molecular weight excluding hydrogens is 743 g/mol. The first-order valence-corrected chi connectivity index (χ1v) is 21.7. The smallest absolute Gasteiger partial charge is 0.375 e. The lowest BCUT2D eigenvalue weighted by Gasteiger charge is -2.45. The van der Waals surface area contributed by atoms with Gasteiger partial charge in [0.1, 0.15) is 22.4 Å². The van der Waals surface area contributed by atoms with Crippen LogP contribution in [-0.4, -0.2) is 6.85 Å². The van der Waals surface area contributed by atoms with E-state index in [4.69, 9.17) is 8.83 Å². The highest BCUT2D eigenvalue weighted by molar-refractivity contribution is 6.93. The van der Waals surface area contributed by atoms with E-state index in [1.165, 1.54) is 50.1 Å². The quantitative estimate of drug-likeness (QED) is 0.167. The number of anilines is 5. The highest BCUT2D eigenvalue weighted by atomic mass is 16.3. The zero-order chi connectivity index (χ0) is 42.2. The number of hydrogen-bond acceptors (Lipinski definition) is 4. The minimum atomic E-state index is -0.268. The van der Waals surface area contributed by atoms with Crippen molar-refractivity contribution in [1.29, 1.82) is 0 Å². The SMILES string of the molecule is CC(C)(C)c1ccc(N2B3c4oc5ccccc5c4N(c4ccc(C(C)(C)C)cc4-c4ccccc4)c4cc(C(C)(C)C)cc(c43)-c3c2ccc2oc4ccccc4c32)cc1. The molecule has 9 aromatic rings. The fraction of sp³-hybridized carbons (Fsp3) is 0.214. The van der Waals surface area contributed by atoms with E-state index in [1.54, 1.807) is 0 Å². The lowest BCUT2D eigenvalue weighted by Crippen LogP contribution is -2.61. The molecule has 0 N–H and O–H groups in total. The molecule has 7 aromatic carbocycles. The van der Waals surface area contributed by atoms with Gasteiger partial charge in [0.05, 0.1) is 11.4 Å². The third-order valence-electron chi connectivity index (χ3n) is 13.1. The average Bonchev–Trinajstić information content (AvgIpc) is 3.82. The van der Waals surface area contributed by atoms with Crippen LogP contribution in [0.3, 0.4) is 0 Å². The number of para-hydroxylation sites is 2. The zero-order valence-electron chi connectivity index (χ0n) is 36.6. The predicted octanol–water partition coefficient (Wildman–Crippen LogP) is 14.6. The molecule has 61 heavy (non-hydrogen) atoms. The summed E-state index contributed by atoms with van der Waals surface area (Å²) in [6.07, 6.45) is 0. The summed E-state index contributed by atoms with van der Waals surface area (Å²) in [7, 11) is 0. The van der Waals surface area contributed by atoms with Crippen LogP contribution in [0.25, 0.3) is 55.2 Å². The molecule has 0 saturated carbocycles. The number of benzene rings is 7. The van der Waals surface area contributed by atoms with Gasteiger partial charge in [-0.25, -0.2) is 0 Å². The standard InChI is InChI=1S/C56H51BN2O2/c1-54(2,3)35-23-26-38(27-24-35)59-44-29-30-48-50(39-19-13-15-21-46(39)60-48)49(44)42-32-37(56(7,8)9)33-45-51(42)57(59)53-52(40-20-14-16-22-47(40)61-53)58(45)43-28-25-36(55(4,5)6)31-41(43)34-17-11-10-12-18-34/h10-33H,1-9H3. The van der Waals surface area contributed by atoms with Crippen molar-refractivity contribution in [3.05, 3.63) is 162 Å². The van der Waals surface area contributed by atoms with E-state index in [0.29, 0.717) is 0 Å². The van der Waals surface area contributed by atoms with Gasteiger partial charge < -0.3 is 18.5 Å². The van der Waals surface area contributed by atoms with E-state index >= 15 is 0 Å².